The van der Waals surface area contributed by atoms with Crippen LogP contribution in [0.2, 0.25) is 5.02 Å². The van der Waals surface area contributed by atoms with E-state index in [-0.39, 0.29) is 5.02 Å². The third-order valence-electron chi connectivity index (χ3n) is 2.71. The minimum absolute atomic E-state index is 0.183. The molecule has 2 aromatic rings. The molecule has 1 atom stereocenters. The number of hydrogen-bond donors (Lipinski definition) is 2. The van der Waals surface area contributed by atoms with Gasteiger partial charge in [-0.3, -0.25) is 5.84 Å². The van der Waals surface area contributed by atoms with Gasteiger partial charge in [-0.25, -0.2) is 14.2 Å². The highest BCUT2D eigenvalue weighted by Crippen LogP contribution is 2.31. The van der Waals surface area contributed by atoms with Crippen LogP contribution in [0.3, 0.4) is 0 Å². The number of halogens is 4. The maximum absolute atomic E-state index is 13.9. The lowest BCUT2D eigenvalue weighted by Gasteiger charge is -2.19. The monoisotopic (exact) mass is 346 g/mol. The molecule has 0 saturated carbocycles. The molecule has 2 nitrogen and oxygen atoms in total. The first-order chi connectivity index (χ1) is 9.02. The molecule has 0 aliphatic rings. The molecule has 0 radical (unpaired) electrons. The molecule has 0 saturated heterocycles. The second kappa shape index (κ2) is 5.96. The Hall–Kier alpha value is -1.01. The van der Waals surface area contributed by atoms with E-state index in [1.165, 1.54) is 18.2 Å². The fourth-order valence-electron chi connectivity index (χ4n) is 1.82. The van der Waals surface area contributed by atoms with Crippen molar-refractivity contribution in [3.63, 3.8) is 0 Å². The minimum Gasteiger partial charge on any atom is -0.271 e. The predicted octanol–water partition coefficient (Wildman–Crippen LogP) is 3.93. The van der Waals surface area contributed by atoms with Crippen molar-refractivity contribution in [1.82, 2.24) is 5.43 Å². The van der Waals surface area contributed by atoms with Crippen LogP contribution < -0.4 is 11.3 Å². The average molecular weight is 348 g/mol. The molecule has 2 rings (SSSR count). The number of nitrogens with two attached hydrogens (primary N) is 1. The second-order valence-electron chi connectivity index (χ2n) is 3.93. The Kier molecular flexibility index (Phi) is 4.52. The SMILES string of the molecule is NNC(c1cc(Br)ccc1F)c1ccc(F)cc1Cl. The predicted molar refractivity (Wildman–Crippen MR) is 74.7 cm³/mol. The molecule has 19 heavy (non-hydrogen) atoms. The lowest BCUT2D eigenvalue weighted by Crippen LogP contribution is -2.29. The number of benzene rings is 2. The van der Waals surface area contributed by atoms with E-state index < -0.39 is 17.7 Å². The van der Waals surface area contributed by atoms with Gasteiger partial charge in [-0.2, -0.15) is 0 Å². The van der Waals surface area contributed by atoms with Gasteiger partial charge in [0, 0.05) is 15.1 Å². The van der Waals surface area contributed by atoms with Gasteiger partial charge in [0.2, 0.25) is 0 Å². The smallest absolute Gasteiger partial charge is 0.128 e. The number of rotatable bonds is 3. The summed E-state index contributed by atoms with van der Waals surface area (Å²) in [6.45, 7) is 0. The molecule has 100 valence electrons. The molecule has 0 fully saturated rings. The Bertz CT molecular complexity index is 607. The van der Waals surface area contributed by atoms with Crippen LogP contribution >= 0.6 is 27.5 Å². The van der Waals surface area contributed by atoms with Crippen molar-refractivity contribution in [3.05, 3.63) is 68.7 Å². The Morgan fingerprint density at radius 1 is 1.11 bits per heavy atom. The summed E-state index contributed by atoms with van der Waals surface area (Å²) in [5.74, 6) is 4.59. The normalized spacial score (nSPS) is 12.5. The van der Waals surface area contributed by atoms with E-state index in [1.807, 2.05) is 0 Å². The van der Waals surface area contributed by atoms with Crippen molar-refractivity contribution in [2.75, 3.05) is 0 Å². The van der Waals surface area contributed by atoms with E-state index in [4.69, 9.17) is 17.4 Å². The molecule has 1 unspecified atom stereocenters. The van der Waals surface area contributed by atoms with Crippen LogP contribution in [-0.4, -0.2) is 0 Å². The maximum atomic E-state index is 13.9. The highest BCUT2D eigenvalue weighted by molar-refractivity contribution is 9.10. The van der Waals surface area contributed by atoms with Crippen LogP contribution in [0.5, 0.6) is 0 Å². The van der Waals surface area contributed by atoms with Crippen LogP contribution in [-0.2, 0) is 0 Å². The molecule has 0 aliphatic heterocycles. The van der Waals surface area contributed by atoms with Crippen LogP contribution in [0.1, 0.15) is 17.2 Å². The summed E-state index contributed by atoms with van der Waals surface area (Å²) in [7, 11) is 0. The van der Waals surface area contributed by atoms with E-state index in [9.17, 15) is 8.78 Å². The molecule has 0 heterocycles. The van der Waals surface area contributed by atoms with Crippen LogP contribution in [0.25, 0.3) is 0 Å². The minimum atomic E-state index is -0.661. The largest absolute Gasteiger partial charge is 0.271 e. The molecular formula is C13H10BrClF2N2. The van der Waals surface area contributed by atoms with Gasteiger partial charge in [-0.1, -0.05) is 33.6 Å². The first kappa shape index (κ1) is 14.4. The summed E-state index contributed by atoms with van der Waals surface area (Å²) >= 11 is 9.24. The molecule has 6 heteroatoms. The standard InChI is InChI=1S/C13H10BrClF2N2/c14-7-1-4-12(17)10(5-7)13(19-18)9-3-2-8(16)6-11(9)15/h1-6,13,19H,18H2. The Balaban J connectivity index is 2.52. The summed E-state index contributed by atoms with van der Waals surface area (Å²) in [6, 6.07) is 7.73. The molecule has 0 aromatic heterocycles. The summed E-state index contributed by atoms with van der Waals surface area (Å²) in [6.07, 6.45) is 0. The quantitative estimate of drug-likeness (QED) is 0.652. The van der Waals surface area contributed by atoms with Gasteiger partial charge in [0.15, 0.2) is 0 Å². The van der Waals surface area contributed by atoms with Gasteiger partial charge >= 0.3 is 0 Å². The lowest BCUT2D eigenvalue weighted by atomic mass is 9.98. The summed E-state index contributed by atoms with van der Waals surface area (Å²) in [5, 5.41) is 0.183. The molecule has 0 spiro atoms. The fraction of sp³-hybridized carbons (Fsp3) is 0.0769. The Morgan fingerprint density at radius 3 is 2.47 bits per heavy atom. The van der Waals surface area contributed by atoms with E-state index in [0.717, 1.165) is 6.07 Å². The number of nitrogens with one attached hydrogen (secondary N) is 1. The zero-order valence-corrected chi connectivity index (χ0v) is 12.0. The summed E-state index contributed by atoms with van der Waals surface area (Å²) in [5.41, 5.74) is 3.32. The Morgan fingerprint density at radius 2 is 1.84 bits per heavy atom. The fourth-order valence-corrected chi connectivity index (χ4v) is 2.47. The third kappa shape index (κ3) is 3.12. The van der Waals surface area contributed by atoms with Gasteiger partial charge in [0.25, 0.3) is 0 Å². The van der Waals surface area contributed by atoms with Crippen molar-refractivity contribution in [3.8, 4) is 0 Å². The van der Waals surface area contributed by atoms with Gasteiger partial charge < -0.3 is 0 Å². The second-order valence-corrected chi connectivity index (χ2v) is 5.25. The number of hydrazine groups is 1. The summed E-state index contributed by atoms with van der Waals surface area (Å²) < 4.78 is 27.6. The Labute approximate surface area is 122 Å². The van der Waals surface area contributed by atoms with E-state index in [2.05, 4.69) is 21.4 Å². The average Bonchev–Trinajstić information content (AvgIpc) is 2.36. The van der Waals surface area contributed by atoms with Gasteiger partial charge in [-0.05, 0) is 35.9 Å². The highest BCUT2D eigenvalue weighted by Gasteiger charge is 2.19. The zero-order chi connectivity index (χ0) is 14.0. The van der Waals surface area contributed by atoms with E-state index >= 15 is 0 Å². The zero-order valence-electron chi connectivity index (χ0n) is 9.63. The van der Waals surface area contributed by atoms with E-state index in [0.29, 0.717) is 15.6 Å². The van der Waals surface area contributed by atoms with Crippen molar-refractivity contribution in [2.45, 2.75) is 6.04 Å². The first-order valence-corrected chi connectivity index (χ1v) is 6.56. The third-order valence-corrected chi connectivity index (χ3v) is 3.53. The molecule has 3 N–H and O–H groups in total. The van der Waals surface area contributed by atoms with Gasteiger partial charge in [-0.15, -0.1) is 0 Å². The summed E-state index contributed by atoms with van der Waals surface area (Å²) in [4.78, 5) is 0. The topological polar surface area (TPSA) is 38.0 Å². The first-order valence-electron chi connectivity index (χ1n) is 5.39. The molecule has 0 aliphatic carbocycles. The van der Waals surface area contributed by atoms with Crippen molar-refractivity contribution in [2.24, 2.45) is 5.84 Å². The van der Waals surface area contributed by atoms with E-state index in [1.54, 1.807) is 12.1 Å². The highest BCUT2D eigenvalue weighted by atomic mass is 79.9. The van der Waals surface area contributed by atoms with Crippen LogP contribution in [0.4, 0.5) is 8.78 Å². The number of hydrogen-bond acceptors (Lipinski definition) is 2. The molecule has 2 aromatic carbocycles. The molecule has 0 bridgehead atoms. The lowest BCUT2D eigenvalue weighted by molar-refractivity contribution is 0.558. The van der Waals surface area contributed by atoms with Crippen LogP contribution in [0.15, 0.2) is 40.9 Å². The van der Waals surface area contributed by atoms with Crippen molar-refractivity contribution >= 4 is 27.5 Å². The van der Waals surface area contributed by atoms with Crippen molar-refractivity contribution in [1.29, 1.82) is 0 Å². The van der Waals surface area contributed by atoms with Gasteiger partial charge in [0.05, 0.1) is 6.04 Å². The van der Waals surface area contributed by atoms with Crippen LogP contribution in [0, 0.1) is 11.6 Å². The maximum Gasteiger partial charge on any atom is 0.128 e. The van der Waals surface area contributed by atoms with Crippen molar-refractivity contribution < 1.29 is 8.78 Å². The van der Waals surface area contributed by atoms with Gasteiger partial charge in [0.1, 0.15) is 11.6 Å². The molecular weight excluding hydrogens is 338 g/mol. The molecule has 0 amide bonds.